The lowest BCUT2D eigenvalue weighted by Gasteiger charge is -2.28. The first kappa shape index (κ1) is 26.0. The molecule has 0 heterocycles. The Morgan fingerprint density at radius 3 is 1.46 bits per heavy atom. The van der Waals surface area contributed by atoms with Gasteiger partial charge in [-0.2, -0.15) is 0 Å². The fourth-order valence-corrected chi connectivity index (χ4v) is 4.38. The molecule has 2 atom stereocenters. The number of unbranched alkanes of at least 4 members (excludes halogenated alkanes) is 11. The fourth-order valence-electron chi connectivity index (χ4n) is 4.38. The Morgan fingerprint density at radius 1 is 0.538 bits per heavy atom. The predicted molar refractivity (Wildman–Crippen MR) is 122 cm³/mol. The number of hydrogen-bond acceptors (Lipinski definition) is 0. The molecule has 0 aromatic carbocycles. The van der Waals surface area contributed by atoms with Gasteiger partial charge in [-0.05, 0) is 24.2 Å². The van der Waals surface area contributed by atoms with Crippen LogP contribution in [0.2, 0.25) is 0 Å². The SMILES string of the molecule is CCCCCCCCCC(C)(CC)CCCCCCCCC(C)CCC. The van der Waals surface area contributed by atoms with E-state index >= 15 is 0 Å². The van der Waals surface area contributed by atoms with Crippen molar-refractivity contribution in [3.8, 4) is 0 Å². The summed E-state index contributed by atoms with van der Waals surface area (Å²) >= 11 is 0. The van der Waals surface area contributed by atoms with Gasteiger partial charge in [0.15, 0.2) is 0 Å². The van der Waals surface area contributed by atoms with Crippen LogP contribution in [0.25, 0.3) is 0 Å². The molecular formula is C26H54. The highest BCUT2D eigenvalue weighted by atomic mass is 14.3. The van der Waals surface area contributed by atoms with Crippen molar-refractivity contribution in [2.24, 2.45) is 11.3 Å². The van der Waals surface area contributed by atoms with E-state index in [-0.39, 0.29) is 0 Å². The highest BCUT2D eigenvalue weighted by Crippen LogP contribution is 2.34. The Labute approximate surface area is 168 Å². The Hall–Kier alpha value is 0. The molecule has 0 aliphatic rings. The van der Waals surface area contributed by atoms with Gasteiger partial charge in [0, 0.05) is 0 Å². The van der Waals surface area contributed by atoms with Crippen LogP contribution in [-0.2, 0) is 0 Å². The van der Waals surface area contributed by atoms with Crippen molar-refractivity contribution in [3.63, 3.8) is 0 Å². The molecule has 2 unspecified atom stereocenters. The predicted octanol–water partition coefficient (Wildman–Crippen LogP) is 10.1. The third-order valence-corrected chi connectivity index (χ3v) is 6.75. The van der Waals surface area contributed by atoms with E-state index in [1.165, 1.54) is 122 Å². The minimum Gasteiger partial charge on any atom is -0.0654 e. The van der Waals surface area contributed by atoms with Gasteiger partial charge in [-0.25, -0.2) is 0 Å². The molecule has 0 aromatic heterocycles. The average Bonchev–Trinajstić information content (AvgIpc) is 2.63. The van der Waals surface area contributed by atoms with Crippen LogP contribution in [0.1, 0.15) is 157 Å². The van der Waals surface area contributed by atoms with E-state index < -0.39 is 0 Å². The van der Waals surface area contributed by atoms with Crippen LogP contribution in [-0.4, -0.2) is 0 Å². The van der Waals surface area contributed by atoms with Crippen LogP contribution in [0, 0.1) is 11.3 Å². The van der Waals surface area contributed by atoms with E-state index in [4.69, 9.17) is 0 Å². The lowest BCUT2D eigenvalue weighted by Crippen LogP contribution is -2.15. The second-order valence-electron chi connectivity index (χ2n) is 9.59. The van der Waals surface area contributed by atoms with E-state index in [0.29, 0.717) is 5.41 Å². The molecule has 0 saturated heterocycles. The molecule has 0 amide bonds. The molecule has 0 fully saturated rings. The quantitative estimate of drug-likeness (QED) is 0.188. The van der Waals surface area contributed by atoms with Crippen LogP contribution in [0.15, 0.2) is 0 Å². The monoisotopic (exact) mass is 366 g/mol. The van der Waals surface area contributed by atoms with Crippen LogP contribution in [0.3, 0.4) is 0 Å². The molecule has 26 heavy (non-hydrogen) atoms. The summed E-state index contributed by atoms with van der Waals surface area (Å²) < 4.78 is 0. The maximum atomic E-state index is 2.55. The maximum absolute atomic E-state index is 2.55. The van der Waals surface area contributed by atoms with Gasteiger partial charge in [0.25, 0.3) is 0 Å². The van der Waals surface area contributed by atoms with Crippen LogP contribution >= 0.6 is 0 Å². The summed E-state index contributed by atoms with van der Waals surface area (Å²) in [7, 11) is 0. The topological polar surface area (TPSA) is 0 Å². The zero-order valence-corrected chi connectivity index (χ0v) is 19.5. The molecule has 0 saturated carbocycles. The van der Waals surface area contributed by atoms with Gasteiger partial charge < -0.3 is 0 Å². The highest BCUT2D eigenvalue weighted by molar-refractivity contribution is 4.73. The van der Waals surface area contributed by atoms with Crippen molar-refractivity contribution in [2.45, 2.75) is 157 Å². The molecule has 158 valence electrons. The van der Waals surface area contributed by atoms with E-state index in [2.05, 4.69) is 34.6 Å². The van der Waals surface area contributed by atoms with Gasteiger partial charge in [0.2, 0.25) is 0 Å². The average molecular weight is 367 g/mol. The van der Waals surface area contributed by atoms with Gasteiger partial charge in [-0.15, -0.1) is 0 Å². The van der Waals surface area contributed by atoms with Crippen molar-refractivity contribution in [3.05, 3.63) is 0 Å². The van der Waals surface area contributed by atoms with Crippen LogP contribution < -0.4 is 0 Å². The third kappa shape index (κ3) is 16.2. The first-order chi connectivity index (χ1) is 12.6. The molecule has 0 nitrogen and oxygen atoms in total. The zero-order chi connectivity index (χ0) is 19.5. The summed E-state index contributed by atoms with van der Waals surface area (Å²) in [5.41, 5.74) is 0.624. The lowest BCUT2D eigenvalue weighted by molar-refractivity contribution is 0.241. The minimum atomic E-state index is 0.624. The highest BCUT2D eigenvalue weighted by Gasteiger charge is 2.20. The Bertz CT molecular complexity index is 269. The standard InChI is InChI=1S/C26H54/c1-6-9-10-11-13-16-19-23-26(5,8-3)24-20-17-14-12-15-18-22-25(4)21-7-2/h25H,6-24H2,1-5H3. The Balaban J connectivity index is 3.55. The largest absolute Gasteiger partial charge is 0.0654 e. The van der Waals surface area contributed by atoms with E-state index in [9.17, 15) is 0 Å². The number of rotatable bonds is 20. The third-order valence-electron chi connectivity index (χ3n) is 6.75. The normalized spacial score (nSPS) is 15.1. The molecule has 0 aliphatic carbocycles. The van der Waals surface area contributed by atoms with Gasteiger partial charge in [-0.3, -0.25) is 0 Å². The second-order valence-corrected chi connectivity index (χ2v) is 9.59. The molecular weight excluding hydrogens is 312 g/mol. The summed E-state index contributed by atoms with van der Waals surface area (Å²) in [6.07, 6.45) is 27.5. The molecule has 0 rings (SSSR count). The molecule has 0 heteroatoms. The van der Waals surface area contributed by atoms with Gasteiger partial charge in [0.1, 0.15) is 0 Å². The van der Waals surface area contributed by atoms with Crippen molar-refractivity contribution in [1.82, 2.24) is 0 Å². The summed E-state index contributed by atoms with van der Waals surface area (Å²) in [4.78, 5) is 0. The molecule has 0 aromatic rings. The second kappa shape index (κ2) is 18.4. The molecule has 0 aliphatic heterocycles. The summed E-state index contributed by atoms with van der Waals surface area (Å²) in [6.45, 7) is 12.0. The first-order valence-electron chi connectivity index (χ1n) is 12.6. The summed E-state index contributed by atoms with van der Waals surface area (Å²) in [6, 6.07) is 0. The van der Waals surface area contributed by atoms with E-state index in [1.54, 1.807) is 0 Å². The van der Waals surface area contributed by atoms with Gasteiger partial charge in [0.05, 0.1) is 0 Å². The van der Waals surface area contributed by atoms with Crippen molar-refractivity contribution in [2.75, 3.05) is 0 Å². The van der Waals surface area contributed by atoms with Crippen molar-refractivity contribution in [1.29, 1.82) is 0 Å². The molecule has 0 bridgehead atoms. The van der Waals surface area contributed by atoms with Crippen molar-refractivity contribution < 1.29 is 0 Å². The summed E-state index contributed by atoms with van der Waals surface area (Å²) in [5.74, 6) is 0.955. The zero-order valence-electron chi connectivity index (χ0n) is 19.5. The maximum Gasteiger partial charge on any atom is -0.0328 e. The summed E-state index contributed by atoms with van der Waals surface area (Å²) in [5, 5.41) is 0. The molecule has 0 radical (unpaired) electrons. The van der Waals surface area contributed by atoms with Crippen molar-refractivity contribution >= 4 is 0 Å². The van der Waals surface area contributed by atoms with Crippen LogP contribution in [0.4, 0.5) is 0 Å². The minimum absolute atomic E-state index is 0.624. The molecule has 0 N–H and O–H groups in total. The van der Waals surface area contributed by atoms with Gasteiger partial charge in [-0.1, -0.05) is 144 Å². The van der Waals surface area contributed by atoms with Gasteiger partial charge >= 0.3 is 0 Å². The number of hydrogen-bond donors (Lipinski definition) is 0. The lowest BCUT2D eigenvalue weighted by atomic mass is 9.77. The Kier molecular flexibility index (Phi) is 18.4. The molecule has 0 spiro atoms. The Morgan fingerprint density at radius 2 is 1.00 bits per heavy atom. The fraction of sp³-hybridized carbons (Fsp3) is 1.00. The van der Waals surface area contributed by atoms with E-state index in [1.807, 2.05) is 0 Å². The first-order valence-corrected chi connectivity index (χ1v) is 12.6. The smallest absolute Gasteiger partial charge is 0.0328 e. The van der Waals surface area contributed by atoms with Crippen LogP contribution in [0.5, 0.6) is 0 Å². The van der Waals surface area contributed by atoms with E-state index in [0.717, 1.165) is 5.92 Å².